The summed E-state index contributed by atoms with van der Waals surface area (Å²) in [6.07, 6.45) is 4.32. The van der Waals surface area contributed by atoms with Crippen LogP contribution < -0.4 is 11.5 Å². The van der Waals surface area contributed by atoms with Gasteiger partial charge in [0.05, 0.1) is 5.56 Å². The van der Waals surface area contributed by atoms with E-state index in [1.54, 1.807) is 4.90 Å². The minimum Gasteiger partial charge on any atom is -0.366 e. The molecule has 0 spiro atoms. The zero-order valence-corrected chi connectivity index (χ0v) is 11.6. The smallest absolute Gasteiger partial charge is 0.272 e. The van der Waals surface area contributed by atoms with E-state index in [4.69, 9.17) is 11.5 Å². The summed E-state index contributed by atoms with van der Waals surface area (Å²) in [4.78, 5) is 29.3. The predicted octanol–water partition coefficient (Wildman–Crippen LogP) is 0.522. The molecule has 0 aromatic carbocycles. The van der Waals surface area contributed by atoms with Crippen molar-refractivity contribution in [3.05, 3.63) is 29.6 Å². The topological polar surface area (TPSA) is 102 Å². The van der Waals surface area contributed by atoms with Gasteiger partial charge in [-0.05, 0) is 38.3 Å². The van der Waals surface area contributed by atoms with Crippen LogP contribution in [0.3, 0.4) is 0 Å². The van der Waals surface area contributed by atoms with Gasteiger partial charge in [-0.1, -0.05) is 0 Å². The number of hydrogen-bond donors (Lipinski definition) is 2. The molecule has 20 heavy (non-hydrogen) atoms. The van der Waals surface area contributed by atoms with Crippen LogP contribution in [0.2, 0.25) is 0 Å². The van der Waals surface area contributed by atoms with E-state index in [1.165, 1.54) is 18.3 Å². The molecule has 2 atom stereocenters. The lowest BCUT2D eigenvalue weighted by atomic mass is 9.96. The molecule has 1 aliphatic rings. The third-order valence-corrected chi connectivity index (χ3v) is 3.68. The number of aromatic nitrogens is 1. The minimum atomic E-state index is -0.553. The summed E-state index contributed by atoms with van der Waals surface area (Å²) in [5.74, 6) is -0.689. The van der Waals surface area contributed by atoms with Crippen molar-refractivity contribution >= 4 is 11.8 Å². The van der Waals surface area contributed by atoms with Crippen LogP contribution in [-0.4, -0.2) is 40.3 Å². The second-order valence-electron chi connectivity index (χ2n) is 5.22. The van der Waals surface area contributed by atoms with E-state index in [0.717, 1.165) is 19.3 Å². The highest BCUT2D eigenvalue weighted by molar-refractivity contribution is 5.95. The van der Waals surface area contributed by atoms with Crippen molar-refractivity contribution in [3.8, 4) is 0 Å². The molecule has 0 saturated carbocycles. The summed E-state index contributed by atoms with van der Waals surface area (Å²) in [6.45, 7) is 2.62. The molecular weight excluding hydrogens is 256 g/mol. The molecule has 1 saturated heterocycles. The number of rotatable bonds is 3. The molecule has 0 radical (unpaired) electrons. The lowest BCUT2D eigenvalue weighted by molar-refractivity contribution is 0.0577. The van der Waals surface area contributed by atoms with Gasteiger partial charge in [0.15, 0.2) is 0 Å². The molecule has 2 unspecified atom stereocenters. The summed E-state index contributed by atoms with van der Waals surface area (Å²) >= 11 is 0. The SMILES string of the molecule is CC(N)C1CCCCN1C(=O)c1ccc(C(N)=O)cn1. The van der Waals surface area contributed by atoms with Crippen LogP contribution in [-0.2, 0) is 0 Å². The van der Waals surface area contributed by atoms with Crippen LogP contribution in [0.25, 0.3) is 0 Å². The zero-order valence-electron chi connectivity index (χ0n) is 11.6. The van der Waals surface area contributed by atoms with Crippen molar-refractivity contribution in [3.63, 3.8) is 0 Å². The maximum Gasteiger partial charge on any atom is 0.272 e. The number of pyridine rings is 1. The second kappa shape index (κ2) is 6.00. The van der Waals surface area contributed by atoms with Crippen molar-refractivity contribution in [2.75, 3.05) is 6.54 Å². The van der Waals surface area contributed by atoms with E-state index in [2.05, 4.69) is 4.98 Å². The average Bonchev–Trinajstić information content (AvgIpc) is 2.46. The van der Waals surface area contributed by atoms with E-state index < -0.39 is 5.91 Å². The molecule has 1 aliphatic heterocycles. The number of carbonyl (C=O) groups excluding carboxylic acids is 2. The molecule has 0 aliphatic carbocycles. The third-order valence-electron chi connectivity index (χ3n) is 3.68. The molecular formula is C14H20N4O2. The minimum absolute atomic E-state index is 0.0499. The molecule has 108 valence electrons. The number of hydrogen-bond acceptors (Lipinski definition) is 4. The molecule has 6 heteroatoms. The Hall–Kier alpha value is -1.95. The highest BCUT2D eigenvalue weighted by Gasteiger charge is 2.30. The van der Waals surface area contributed by atoms with Gasteiger partial charge in [0, 0.05) is 24.8 Å². The standard InChI is InChI=1S/C14H20N4O2/c1-9(15)12-4-2-3-7-18(12)14(20)11-6-5-10(8-17-11)13(16)19/h5-6,8-9,12H,2-4,7,15H2,1H3,(H2,16,19). The van der Waals surface area contributed by atoms with E-state index in [1.807, 2.05) is 6.92 Å². The quantitative estimate of drug-likeness (QED) is 0.840. The highest BCUT2D eigenvalue weighted by Crippen LogP contribution is 2.21. The molecule has 1 aromatic heterocycles. The fourth-order valence-corrected chi connectivity index (χ4v) is 2.57. The van der Waals surface area contributed by atoms with Crippen molar-refractivity contribution < 1.29 is 9.59 Å². The van der Waals surface area contributed by atoms with E-state index in [0.29, 0.717) is 17.8 Å². The summed E-state index contributed by atoms with van der Waals surface area (Å²) in [5, 5.41) is 0. The molecule has 4 N–H and O–H groups in total. The first-order valence-corrected chi connectivity index (χ1v) is 6.83. The van der Waals surface area contributed by atoms with E-state index in [-0.39, 0.29) is 18.0 Å². The second-order valence-corrected chi connectivity index (χ2v) is 5.22. The Morgan fingerprint density at radius 3 is 2.70 bits per heavy atom. The van der Waals surface area contributed by atoms with Crippen LogP contribution in [0.1, 0.15) is 47.0 Å². The predicted molar refractivity (Wildman–Crippen MR) is 75.1 cm³/mol. The van der Waals surface area contributed by atoms with Gasteiger partial charge in [0.2, 0.25) is 5.91 Å². The largest absolute Gasteiger partial charge is 0.366 e. The van der Waals surface area contributed by atoms with E-state index in [9.17, 15) is 9.59 Å². The van der Waals surface area contributed by atoms with Gasteiger partial charge in [0.25, 0.3) is 5.91 Å². The Morgan fingerprint density at radius 2 is 2.15 bits per heavy atom. The maximum absolute atomic E-state index is 12.5. The van der Waals surface area contributed by atoms with Crippen LogP contribution in [0, 0.1) is 0 Å². The molecule has 1 aromatic rings. The first-order chi connectivity index (χ1) is 9.50. The van der Waals surface area contributed by atoms with Crippen LogP contribution >= 0.6 is 0 Å². The molecule has 2 rings (SSSR count). The Morgan fingerprint density at radius 1 is 1.40 bits per heavy atom. The monoisotopic (exact) mass is 276 g/mol. The molecule has 2 heterocycles. The summed E-state index contributed by atoms with van der Waals surface area (Å²) < 4.78 is 0. The van der Waals surface area contributed by atoms with Gasteiger partial charge in [-0.15, -0.1) is 0 Å². The number of primary amides is 1. The van der Waals surface area contributed by atoms with Gasteiger partial charge < -0.3 is 16.4 Å². The first-order valence-electron chi connectivity index (χ1n) is 6.83. The van der Waals surface area contributed by atoms with Gasteiger partial charge in [-0.2, -0.15) is 0 Å². The number of nitrogens with zero attached hydrogens (tertiary/aromatic N) is 2. The fourth-order valence-electron chi connectivity index (χ4n) is 2.57. The van der Waals surface area contributed by atoms with Crippen LogP contribution in [0.4, 0.5) is 0 Å². The molecule has 6 nitrogen and oxygen atoms in total. The normalized spacial score (nSPS) is 20.5. The number of piperidine rings is 1. The Bertz CT molecular complexity index is 498. The van der Waals surface area contributed by atoms with Crippen molar-refractivity contribution in [2.24, 2.45) is 11.5 Å². The lowest BCUT2D eigenvalue weighted by Gasteiger charge is -2.37. The van der Waals surface area contributed by atoms with Gasteiger partial charge in [0.1, 0.15) is 5.69 Å². The Labute approximate surface area is 118 Å². The number of carbonyl (C=O) groups is 2. The fraction of sp³-hybridized carbons (Fsp3) is 0.500. The Balaban J connectivity index is 2.18. The van der Waals surface area contributed by atoms with Gasteiger partial charge in [-0.25, -0.2) is 0 Å². The molecule has 0 bridgehead atoms. The maximum atomic E-state index is 12.5. The number of likely N-dealkylation sites (tertiary alicyclic amines) is 1. The van der Waals surface area contributed by atoms with Crippen molar-refractivity contribution in [2.45, 2.75) is 38.3 Å². The summed E-state index contributed by atoms with van der Waals surface area (Å²) in [7, 11) is 0. The molecule has 1 fully saturated rings. The van der Waals surface area contributed by atoms with Crippen molar-refractivity contribution in [1.82, 2.24) is 9.88 Å². The van der Waals surface area contributed by atoms with E-state index >= 15 is 0 Å². The summed E-state index contributed by atoms with van der Waals surface area (Å²) in [5.41, 5.74) is 11.7. The number of nitrogens with two attached hydrogens (primary N) is 2. The van der Waals surface area contributed by atoms with Crippen LogP contribution in [0.15, 0.2) is 18.3 Å². The first kappa shape index (κ1) is 14.5. The number of amides is 2. The van der Waals surface area contributed by atoms with Gasteiger partial charge >= 0.3 is 0 Å². The third kappa shape index (κ3) is 2.96. The van der Waals surface area contributed by atoms with Gasteiger partial charge in [-0.3, -0.25) is 14.6 Å². The lowest BCUT2D eigenvalue weighted by Crippen LogP contribution is -2.51. The molecule has 2 amide bonds. The summed E-state index contributed by atoms with van der Waals surface area (Å²) in [6, 6.07) is 3.04. The average molecular weight is 276 g/mol. The van der Waals surface area contributed by atoms with Crippen molar-refractivity contribution in [1.29, 1.82) is 0 Å². The zero-order chi connectivity index (χ0) is 14.7. The highest BCUT2D eigenvalue weighted by atomic mass is 16.2. The Kier molecular flexibility index (Phi) is 4.34. The van der Waals surface area contributed by atoms with Crippen LogP contribution in [0.5, 0.6) is 0 Å².